The number of rotatable bonds is 4. The summed E-state index contributed by atoms with van der Waals surface area (Å²) >= 11 is 0. The molecule has 7 heteroatoms. The first-order valence-corrected chi connectivity index (χ1v) is 8.46. The number of halogens is 1. The number of carbonyl (C=O) groups is 1. The second-order valence-electron chi connectivity index (χ2n) is 6.50. The van der Waals surface area contributed by atoms with Gasteiger partial charge in [0.1, 0.15) is 17.4 Å². The van der Waals surface area contributed by atoms with Crippen LogP contribution < -0.4 is 10.6 Å². The number of benzene rings is 2. The quantitative estimate of drug-likeness (QED) is 0.546. The lowest BCUT2D eigenvalue weighted by Gasteiger charge is -2.10. The molecule has 2 heterocycles. The number of nitrogen functional groups attached to an aromatic ring is 1. The molecule has 0 bridgehead atoms. The maximum absolute atomic E-state index is 14.2. The van der Waals surface area contributed by atoms with Crippen LogP contribution in [0.25, 0.3) is 11.3 Å². The van der Waals surface area contributed by atoms with E-state index in [1.807, 2.05) is 4.90 Å². The van der Waals surface area contributed by atoms with Crippen molar-refractivity contribution in [3.8, 4) is 17.0 Å². The van der Waals surface area contributed by atoms with E-state index in [2.05, 4.69) is 9.97 Å². The van der Waals surface area contributed by atoms with E-state index < -0.39 is 11.6 Å². The summed E-state index contributed by atoms with van der Waals surface area (Å²) in [6.07, 6.45) is 0. The van der Waals surface area contributed by atoms with Crippen LogP contribution in [0.15, 0.2) is 42.5 Å². The summed E-state index contributed by atoms with van der Waals surface area (Å²) in [7, 11) is 0. The van der Waals surface area contributed by atoms with E-state index in [9.17, 15) is 14.3 Å². The average Bonchev–Trinajstić information content (AvgIpc) is 3.46. The van der Waals surface area contributed by atoms with Gasteiger partial charge in [-0.15, -0.1) is 0 Å². The highest BCUT2D eigenvalue weighted by Crippen LogP contribution is 2.32. The van der Waals surface area contributed by atoms with Gasteiger partial charge in [0.15, 0.2) is 5.78 Å². The number of carbonyl (C=O) groups excluding carboxylic acids is 1. The molecule has 3 N–H and O–H groups in total. The molecule has 3 aromatic rings. The Labute approximate surface area is 155 Å². The first-order chi connectivity index (χ1) is 12.9. The van der Waals surface area contributed by atoms with Crippen molar-refractivity contribution >= 4 is 17.5 Å². The number of aromatic hydroxyl groups is 1. The lowest BCUT2D eigenvalue weighted by atomic mass is 9.98. The van der Waals surface area contributed by atoms with Gasteiger partial charge in [-0.25, -0.2) is 9.37 Å². The fraction of sp³-hybridized carbons (Fsp3) is 0.150. The van der Waals surface area contributed by atoms with E-state index in [1.165, 1.54) is 30.3 Å². The molecule has 2 aromatic carbocycles. The van der Waals surface area contributed by atoms with E-state index in [1.54, 1.807) is 19.1 Å². The summed E-state index contributed by atoms with van der Waals surface area (Å²) in [6.45, 7) is 3.52. The second-order valence-corrected chi connectivity index (χ2v) is 6.50. The van der Waals surface area contributed by atoms with E-state index in [4.69, 9.17) is 5.73 Å². The van der Waals surface area contributed by atoms with Gasteiger partial charge in [-0.1, -0.05) is 6.07 Å². The molecule has 6 nitrogen and oxygen atoms in total. The molecule has 1 fully saturated rings. The largest absolute Gasteiger partial charge is 0.507 e. The molecule has 27 heavy (non-hydrogen) atoms. The van der Waals surface area contributed by atoms with Crippen LogP contribution in [0.3, 0.4) is 0 Å². The Morgan fingerprint density at radius 2 is 1.93 bits per heavy atom. The number of hydrogen-bond donors (Lipinski definition) is 2. The number of phenols is 1. The molecule has 0 atom stereocenters. The third-order valence-corrected chi connectivity index (χ3v) is 4.41. The summed E-state index contributed by atoms with van der Waals surface area (Å²) in [4.78, 5) is 23.1. The number of phenolic OH excluding ortho intramolecular Hbond substituents is 1. The smallest absolute Gasteiger partial charge is 0.222 e. The molecule has 1 aliphatic heterocycles. The van der Waals surface area contributed by atoms with E-state index >= 15 is 0 Å². The summed E-state index contributed by atoms with van der Waals surface area (Å²) in [6, 6.07) is 10.5. The van der Waals surface area contributed by atoms with Crippen LogP contribution in [0.4, 0.5) is 16.2 Å². The standard InChI is InChI=1S/C20H17FN4O2/c1-11-2-4-13(15(21)8-11)19(27)12-3-5-17(26)14(9-12)16-10-18(25-6-7-25)24-20(22)23-16/h2-5,8-10,26H,6-7H2,1H3,(H2,22,23,24). The van der Waals surface area contributed by atoms with Crippen LogP contribution in [0, 0.1) is 12.7 Å². The second kappa shape index (κ2) is 6.35. The Kier molecular flexibility index (Phi) is 3.99. The zero-order chi connectivity index (χ0) is 19.1. The fourth-order valence-corrected chi connectivity index (χ4v) is 2.87. The minimum absolute atomic E-state index is 0.0239. The molecule has 0 spiro atoms. The molecular formula is C20H17FN4O2. The SMILES string of the molecule is Cc1ccc(C(=O)c2ccc(O)c(-c3cc(N4CC4)nc(N)n3)c2)c(F)c1. The Morgan fingerprint density at radius 1 is 1.15 bits per heavy atom. The van der Waals surface area contributed by atoms with Gasteiger partial charge in [0.05, 0.1) is 11.3 Å². The molecular weight excluding hydrogens is 347 g/mol. The molecule has 0 saturated carbocycles. The zero-order valence-electron chi connectivity index (χ0n) is 14.6. The van der Waals surface area contributed by atoms with Crippen molar-refractivity contribution in [3.05, 3.63) is 65.0 Å². The third kappa shape index (κ3) is 3.31. The van der Waals surface area contributed by atoms with Crippen molar-refractivity contribution in [2.24, 2.45) is 0 Å². The molecule has 1 aromatic heterocycles. The van der Waals surface area contributed by atoms with Crippen molar-refractivity contribution in [1.29, 1.82) is 0 Å². The minimum Gasteiger partial charge on any atom is -0.507 e. The Morgan fingerprint density at radius 3 is 2.63 bits per heavy atom. The van der Waals surface area contributed by atoms with Gasteiger partial charge < -0.3 is 15.7 Å². The van der Waals surface area contributed by atoms with Crippen LogP contribution in [0.2, 0.25) is 0 Å². The molecule has 1 aliphatic rings. The van der Waals surface area contributed by atoms with Crippen molar-refractivity contribution in [2.45, 2.75) is 6.92 Å². The monoisotopic (exact) mass is 364 g/mol. The third-order valence-electron chi connectivity index (χ3n) is 4.41. The fourth-order valence-electron chi connectivity index (χ4n) is 2.87. The maximum atomic E-state index is 14.2. The van der Waals surface area contributed by atoms with Gasteiger partial charge in [0.25, 0.3) is 0 Å². The number of hydrogen-bond acceptors (Lipinski definition) is 6. The van der Waals surface area contributed by atoms with E-state index in [0.29, 0.717) is 17.1 Å². The highest BCUT2D eigenvalue weighted by molar-refractivity contribution is 6.10. The molecule has 4 rings (SSSR count). The summed E-state index contributed by atoms with van der Waals surface area (Å²) < 4.78 is 14.2. The van der Waals surface area contributed by atoms with E-state index in [0.717, 1.165) is 18.7 Å². The van der Waals surface area contributed by atoms with Crippen LogP contribution in [0.1, 0.15) is 21.5 Å². The van der Waals surface area contributed by atoms with Crippen LogP contribution in [0.5, 0.6) is 5.75 Å². The molecule has 0 unspecified atom stereocenters. The van der Waals surface area contributed by atoms with Crippen LogP contribution >= 0.6 is 0 Å². The number of nitrogens with two attached hydrogens (primary N) is 1. The molecule has 136 valence electrons. The van der Waals surface area contributed by atoms with Gasteiger partial charge in [-0.05, 0) is 42.8 Å². The van der Waals surface area contributed by atoms with Crippen molar-refractivity contribution in [3.63, 3.8) is 0 Å². The predicted octanol–water partition coefficient (Wildman–Crippen LogP) is 2.93. The van der Waals surface area contributed by atoms with Crippen LogP contribution in [-0.4, -0.2) is 33.9 Å². The summed E-state index contributed by atoms with van der Waals surface area (Å²) in [5, 5.41) is 10.3. The molecule has 0 radical (unpaired) electrons. The van der Waals surface area contributed by atoms with Crippen LogP contribution in [-0.2, 0) is 0 Å². The number of aromatic nitrogens is 2. The van der Waals surface area contributed by atoms with Gasteiger partial charge in [-0.3, -0.25) is 4.79 Å². The first kappa shape index (κ1) is 17.0. The average molecular weight is 364 g/mol. The summed E-state index contributed by atoms with van der Waals surface area (Å²) in [5.41, 5.74) is 7.48. The molecule has 0 amide bonds. The molecule has 1 saturated heterocycles. The lowest BCUT2D eigenvalue weighted by Crippen LogP contribution is -2.06. The Balaban J connectivity index is 1.77. The number of ketones is 1. The number of aryl methyl sites for hydroxylation is 1. The normalized spacial score (nSPS) is 12.9. The first-order valence-electron chi connectivity index (χ1n) is 8.46. The van der Waals surface area contributed by atoms with Gasteiger partial charge in [0.2, 0.25) is 5.95 Å². The van der Waals surface area contributed by atoms with E-state index in [-0.39, 0.29) is 22.8 Å². The predicted molar refractivity (Wildman–Crippen MR) is 100 cm³/mol. The van der Waals surface area contributed by atoms with Gasteiger partial charge in [0, 0.05) is 30.3 Å². The number of nitrogens with zero attached hydrogens (tertiary/aromatic N) is 3. The maximum Gasteiger partial charge on any atom is 0.222 e. The molecule has 0 aliphatic carbocycles. The van der Waals surface area contributed by atoms with Gasteiger partial charge in [-0.2, -0.15) is 4.98 Å². The van der Waals surface area contributed by atoms with Crippen molar-refractivity contribution in [1.82, 2.24) is 9.97 Å². The van der Waals surface area contributed by atoms with Crippen molar-refractivity contribution in [2.75, 3.05) is 23.7 Å². The lowest BCUT2D eigenvalue weighted by molar-refractivity contribution is 0.103. The highest BCUT2D eigenvalue weighted by atomic mass is 19.1. The van der Waals surface area contributed by atoms with Gasteiger partial charge >= 0.3 is 0 Å². The summed E-state index contributed by atoms with van der Waals surface area (Å²) in [5.74, 6) is -0.356. The minimum atomic E-state index is -0.579. The Hall–Kier alpha value is -3.48. The topological polar surface area (TPSA) is 92.1 Å². The highest BCUT2D eigenvalue weighted by Gasteiger charge is 2.22. The zero-order valence-corrected chi connectivity index (χ0v) is 14.6. The Bertz CT molecular complexity index is 1060. The number of anilines is 2. The van der Waals surface area contributed by atoms with Crippen molar-refractivity contribution < 1.29 is 14.3 Å².